The SMILES string of the molecule is CCOC(=O)c1cc(C#N)c(S[C@H](C)C(=O)N[C@@H]2CCCc3ccccc32)nc1C. The van der Waals surface area contributed by atoms with E-state index >= 15 is 0 Å². The van der Waals surface area contributed by atoms with E-state index in [1.807, 2.05) is 12.1 Å². The molecule has 0 unspecified atom stereocenters. The largest absolute Gasteiger partial charge is 0.462 e. The van der Waals surface area contributed by atoms with Gasteiger partial charge in [-0.05, 0) is 57.2 Å². The van der Waals surface area contributed by atoms with Crippen LogP contribution in [-0.2, 0) is 16.0 Å². The minimum atomic E-state index is -0.502. The molecule has 30 heavy (non-hydrogen) atoms. The first kappa shape index (κ1) is 21.8. The maximum atomic E-state index is 12.9. The van der Waals surface area contributed by atoms with Crippen LogP contribution in [0.4, 0.5) is 0 Å². The highest BCUT2D eigenvalue weighted by Crippen LogP contribution is 2.31. The number of esters is 1. The molecule has 1 aromatic carbocycles. The molecule has 6 nitrogen and oxygen atoms in total. The predicted molar refractivity (Wildman–Crippen MR) is 115 cm³/mol. The normalized spacial score (nSPS) is 16.1. The summed E-state index contributed by atoms with van der Waals surface area (Å²) in [5.41, 5.74) is 3.47. The average Bonchev–Trinajstić information content (AvgIpc) is 2.74. The number of nitrogens with one attached hydrogen (secondary N) is 1. The van der Waals surface area contributed by atoms with E-state index < -0.39 is 11.2 Å². The lowest BCUT2D eigenvalue weighted by Gasteiger charge is -2.27. The number of nitriles is 1. The third-order valence-electron chi connectivity index (χ3n) is 5.14. The number of amides is 1. The molecule has 3 rings (SSSR count). The van der Waals surface area contributed by atoms with E-state index in [-0.39, 0.29) is 29.7 Å². The highest BCUT2D eigenvalue weighted by molar-refractivity contribution is 8.00. The van der Waals surface area contributed by atoms with Crippen molar-refractivity contribution >= 4 is 23.6 Å². The van der Waals surface area contributed by atoms with Crippen molar-refractivity contribution in [3.63, 3.8) is 0 Å². The Bertz CT molecular complexity index is 1000. The molecule has 0 aliphatic heterocycles. The molecular formula is C23H25N3O3S. The zero-order valence-electron chi connectivity index (χ0n) is 17.4. The van der Waals surface area contributed by atoms with Crippen LogP contribution in [-0.4, -0.2) is 28.7 Å². The maximum Gasteiger partial charge on any atom is 0.340 e. The number of carbonyl (C=O) groups is 2. The van der Waals surface area contributed by atoms with Gasteiger partial charge in [0.15, 0.2) is 0 Å². The van der Waals surface area contributed by atoms with Crippen LogP contribution < -0.4 is 5.32 Å². The first-order valence-corrected chi connectivity index (χ1v) is 11.0. The van der Waals surface area contributed by atoms with Crippen LogP contribution in [0.25, 0.3) is 0 Å². The maximum absolute atomic E-state index is 12.9. The summed E-state index contributed by atoms with van der Waals surface area (Å²) < 4.78 is 5.02. The van der Waals surface area contributed by atoms with E-state index in [1.165, 1.54) is 29.0 Å². The van der Waals surface area contributed by atoms with E-state index in [2.05, 4.69) is 28.5 Å². The summed E-state index contributed by atoms with van der Waals surface area (Å²) >= 11 is 1.22. The second-order valence-electron chi connectivity index (χ2n) is 7.22. The molecule has 0 radical (unpaired) electrons. The quantitative estimate of drug-likeness (QED) is 0.555. The van der Waals surface area contributed by atoms with Crippen molar-refractivity contribution in [2.24, 2.45) is 0 Å². The molecule has 7 heteroatoms. The molecule has 1 N–H and O–H groups in total. The Balaban J connectivity index is 1.74. The second kappa shape index (κ2) is 9.77. The van der Waals surface area contributed by atoms with Gasteiger partial charge in [-0.1, -0.05) is 36.0 Å². The molecule has 0 saturated carbocycles. The van der Waals surface area contributed by atoms with Gasteiger partial charge in [-0.2, -0.15) is 5.26 Å². The molecule has 1 amide bonds. The number of hydrogen-bond donors (Lipinski definition) is 1. The summed E-state index contributed by atoms with van der Waals surface area (Å²) in [7, 11) is 0. The van der Waals surface area contributed by atoms with Gasteiger partial charge < -0.3 is 10.1 Å². The molecule has 0 fully saturated rings. The van der Waals surface area contributed by atoms with Crippen LogP contribution in [0.1, 0.15) is 65.5 Å². The summed E-state index contributed by atoms with van der Waals surface area (Å²) in [6, 6.07) is 11.8. The first-order chi connectivity index (χ1) is 14.4. The Kier molecular flexibility index (Phi) is 7.11. The van der Waals surface area contributed by atoms with E-state index in [0.717, 1.165) is 19.3 Å². The number of rotatable bonds is 6. The number of fused-ring (bicyclic) bond motifs is 1. The molecular weight excluding hydrogens is 398 g/mol. The molecule has 1 aliphatic rings. The Labute approximate surface area is 181 Å². The van der Waals surface area contributed by atoms with Crippen molar-refractivity contribution < 1.29 is 14.3 Å². The summed E-state index contributed by atoms with van der Waals surface area (Å²) in [4.78, 5) is 29.3. The van der Waals surface area contributed by atoms with Crippen molar-refractivity contribution in [3.8, 4) is 6.07 Å². The van der Waals surface area contributed by atoms with Gasteiger partial charge in [0.25, 0.3) is 0 Å². The van der Waals surface area contributed by atoms with Crippen molar-refractivity contribution in [1.82, 2.24) is 10.3 Å². The first-order valence-electron chi connectivity index (χ1n) is 10.1. The Morgan fingerprint density at radius 1 is 1.40 bits per heavy atom. The average molecular weight is 424 g/mol. The molecule has 1 aliphatic carbocycles. The number of nitrogens with zero attached hydrogens (tertiary/aromatic N) is 2. The molecule has 0 spiro atoms. The fourth-order valence-electron chi connectivity index (χ4n) is 3.58. The van der Waals surface area contributed by atoms with Crippen molar-refractivity contribution in [3.05, 3.63) is 58.3 Å². The Hall–Kier alpha value is -2.85. The lowest BCUT2D eigenvalue weighted by molar-refractivity contribution is -0.121. The van der Waals surface area contributed by atoms with Crippen LogP contribution in [0.15, 0.2) is 35.4 Å². The number of ether oxygens (including phenoxy) is 1. The van der Waals surface area contributed by atoms with E-state index in [4.69, 9.17) is 4.74 Å². The number of thioether (sulfide) groups is 1. The van der Waals surface area contributed by atoms with Crippen LogP contribution in [0.5, 0.6) is 0 Å². The highest BCUT2D eigenvalue weighted by atomic mass is 32.2. The third kappa shape index (κ3) is 4.82. The molecule has 0 bridgehead atoms. The number of carbonyl (C=O) groups excluding carboxylic acids is 2. The van der Waals surface area contributed by atoms with Crippen molar-refractivity contribution in [2.45, 2.75) is 56.4 Å². The van der Waals surface area contributed by atoms with Crippen LogP contribution in [0.3, 0.4) is 0 Å². The molecule has 156 valence electrons. The predicted octanol–water partition coefficient (Wildman–Crippen LogP) is 4.11. The van der Waals surface area contributed by atoms with Gasteiger partial charge in [0.2, 0.25) is 5.91 Å². The van der Waals surface area contributed by atoms with Gasteiger partial charge in [-0.15, -0.1) is 0 Å². The highest BCUT2D eigenvalue weighted by Gasteiger charge is 2.25. The summed E-state index contributed by atoms with van der Waals surface area (Å²) in [6.45, 7) is 5.46. The van der Waals surface area contributed by atoms with Crippen molar-refractivity contribution in [1.29, 1.82) is 5.26 Å². The summed E-state index contributed by atoms with van der Waals surface area (Å²) in [5, 5.41) is 12.7. The molecule has 1 heterocycles. The molecule has 2 aromatic rings. The lowest BCUT2D eigenvalue weighted by Crippen LogP contribution is -2.36. The fraction of sp³-hybridized carbons (Fsp3) is 0.391. The van der Waals surface area contributed by atoms with Gasteiger partial charge in [0.1, 0.15) is 11.1 Å². The Morgan fingerprint density at radius 2 is 2.17 bits per heavy atom. The second-order valence-corrected chi connectivity index (χ2v) is 8.55. The number of hydrogen-bond acceptors (Lipinski definition) is 6. The number of benzene rings is 1. The van der Waals surface area contributed by atoms with E-state index in [9.17, 15) is 14.9 Å². The van der Waals surface area contributed by atoms with Crippen molar-refractivity contribution in [2.75, 3.05) is 6.61 Å². The molecule has 1 aromatic heterocycles. The standard InChI is InChI=1S/C23H25N3O3S/c1-4-29-23(28)19-12-17(13-24)22(25-14(19)2)30-15(3)21(27)26-20-11-7-9-16-8-5-6-10-18(16)20/h5-6,8,10,12,15,20H,4,7,9,11H2,1-3H3,(H,26,27)/t15-,20-/m1/s1. The van der Waals surface area contributed by atoms with E-state index in [1.54, 1.807) is 20.8 Å². The number of pyridine rings is 1. The van der Waals surface area contributed by atoms with Gasteiger partial charge in [-0.3, -0.25) is 4.79 Å². The zero-order chi connectivity index (χ0) is 21.7. The molecule has 0 saturated heterocycles. The Morgan fingerprint density at radius 3 is 2.90 bits per heavy atom. The summed E-state index contributed by atoms with van der Waals surface area (Å²) in [6.07, 6.45) is 2.99. The monoisotopic (exact) mass is 423 g/mol. The van der Waals surface area contributed by atoms with Gasteiger partial charge in [0.05, 0.1) is 34.7 Å². The van der Waals surface area contributed by atoms with Gasteiger partial charge in [-0.25, -0.2) is 9.78 Å². The number of aryl methyl sites for hydroxylation is 2. The minimum absolute atomic E-state index is 0.00169. The smallest absolute Gasteiger partial charge is 0.340 e. The van der Waals surface area contributed by atoms with Crippen LogP contribution in [0.2, 0.25) is 0 Å². The van der Waals surface area contributed by atoms with Gasteiger partial charge >= 0.3 is 5.97 Å². The molecule has 2 atom stereocenters. The number of aromatic nitrogens is 1. The van der Waals surface area contributed by atoms with Gasteiger partial charge in [0, 0.05) is 0 Å². The lowest BCUT2D eigenvalue weighted by atomic mass is 9.88. The third-order valence-corrected chi connectivity index (χ3v) is 6.24. The van der Waals surface area contributed by atoms with Crippen LogP contribution in [0, 0.1) is 18.3 Å². The zero-order valence-corrected chi connectivity index (χ0v) is 18.2. The summed E-state index contributed by atoms with van der Waals surface area (Å²) in [5.74, 6) is -0.600. The van der Waals surface area contributed by atoms with Crippen LogP contribution >= 0.6 is 11.8 Å². The topological polar surface area (TPSA) is 92.1 Å². The fourth-order valence-corrected chi connectivity index (χ4v) is 4.51. The van der Waals surface area contributed by atoms with E-state index in [0.29, 0.717) is 10.7 Å². The minimum Gasteiger partial charge on any atom is -0.462 e.